The molecule has 3 heteroatoms. The van der Waals surface area contributed by atoms with Gasteiger partial charge in [0.1, 0.15) is 0 Å². The molecule has 0 aliphatic rings. The molecule has 2 aromatic carbocycles. The van der Waals surface area contributed by atoms with Gasteiger partial charge in [0.25, 0.3) is 0 Å². The van der Waals surface area contributed by atoms with Crippen molar-refractivity contribution in [3.05, 3.63) is 60.2 Å². The number of unbranched alkanes of at least 4 members (excludes halogenated alkanes) is 3. The second kappa shape index (κ2) is 14.2. The van der Waals surface area contributed by atoms with Crippen LogP contribution < -0.4 is 0 Å². The molecule has 0 aliphatic heterocycles. The Kier molecular flexibility index (Phi) is 13.5. The monoisotopic (exact) mass is 369 g/mol. The molecule has 0 amide bonds. The predicted molar refractivity (Wildman–Crippen MR) is 99.2 cm³/mol. The summed E-state index contributed by atoms with van der Waals surface area (Å²) < 4.78 is 0. The minimum absolute atomic E-state index is 0. The maximum Gasteiger partial charge on any atom is 2.00 e. The molecular weight excluding hydrogens is 338 g/mol. The van der Waals surface area contributed by atoms with E-state index in [2.05, 4.69) is 11.8 Å². The minimum Gasteiger partial charge on any atom is -0.351 e. The van der Waals surface area contributed by atoms with Crippen LogP contribution in [0.3, 0.4) is 0 Å². The van der Waals surface area contributed by atoms with Crippen LogP contribution in [-0.4, -0.2) is 31.3 Å². The molecular formula is C21H31FeNO. The second-order valence-electron chi connectivity index (χ2n) is 6.31. The van der Waals surface area contributed by atoms with Crippen molar-refractivity contribution in [3.8, 4) is 0 Å². The predicted octanol–water partition coefficient (Wildman–Crippen LogP) is 5.14. The fraction of sp³-hybridized carbons (Fsp3) is 0.476. The van der Waals surface area contributed by atoms with E-state index >= 15 is 0 Å². The van der Waals surface area contributed by atoms with Crippen LogP contribution in [0.1, 0.15) is 49.4 Å². The molecule has 1 unspecified atom stereocenters. The molecule has 0 N–H and O–H groups in total. The van der Waals surface area contributed by atoms with Gasteiger partial charge < -0.3 is 9.69 Å². The van der Waals surface area contributed by atoms with Crippen molar-refractivity contribution in [1.82, 2.24) is 4.90 Å². The molecule has 2 rings (SSSR count). The van der Waals surface area contributed by atoms with Gasteiger partial charge in [0, 0.05) is 0 Å². The topological polar surface area (TPSA) is 20.3 Å². The van der Waals surface area contributed by atoms with E-state index in [9.17, 15) is 4.79 Å². The van der Waals surface area contributed by atoms with E-state index in [0.717, 1.165) is 18.5 Å². The average Bonchev–Trinajstić information content (AvgIpc) is 3.25. The van der Waals surface area contributed by atoms with Crippen LogP contribution in [0, 0.1) is 5.92 Å². The van der Waals surface area contributed by atoms with Crippen molar-refractivity contribution in [1.29, 1.82) is 0 Å². The smallest absolute Gasteiger partial charge is 0.351 e. The average molecular weight is 369 g/mol. The Hall–Kier alpha value is -1.15. The third-order valence-corrected chi connectivity index (χ3v) is 3.87. The second-order valence-corrected chi connectivity index (χ2v) is 6.31. The standard InChI is InChI=1S/C16H26NO.C5H5.Fe/c1-4-5-6-7-12-15(13-17(2)3)16(18)14-10-8-9-11-14;1-2-4-5-3-1;/h8-11,15H,4-7,12-13H2,1-3H3;1-5H;/q2*-1;+2. The maximum atomic E-state index is 12.4. The van der Waals surface area contributed by atoms with Crippen molar-refractivity contribution in [2.45, 2.75) is 39.0 Å². The molecule has 0 saturated carbocycles. The zero-order valence-electron chi connectivity index (χ0n) is 15.2. The van der Waals surface area contributed by atoms with Crippen molar-refractivity contribution in [3.63, 3.8) is 0 Å². The molecule has 2 nitrogen and oxygen atoms in total. The first-order valence-corrected chi connectivity index (χ1v) is 8.72. The summed E-state index contributed by atoms with van der Waals surface area (Å²) in [5, 5.41) is 0. The Morgan fingerprint density at radius 3 is 2.25 bits per heavy atom. The Morgan fingerprint density at radius 2 is 1.79 bits per heavy atom. The van der Waals surface area contributed by atoms with Crippen LogP contribution in [0.5, 0.6) is 0 Å². The first-order chi connectivity index (χ1) is 11.1. The minimum atomic E-state index is 0. The zero-order valence-corrected chi connectivity index (χ0v) is 16.3. The normalized spacial score (nSPS) is 11.3. The van der Waals surface area contributed by atoms with Crippen LogP contribution in [0.15, 0.2) is 54.6 Å². The zero-order chi connectivity index (χ0) is 16.9. The molecule has 0 saturated heterocycles. The van der Waals surface area contributed by atoms with E-state index < -0.39 is 0 Å². The number of ketones is 1. The van der Waals surface area contributed by atoms with Gasteiger partial charge in [-0.3, -0.25) is 0 Å². The molecule has 1 atom stereocenters. The van der Waals surface area contributed by atoms with Gasteiger partial charge in [-0.1, -0.05) is 39.0 Å². The van der Waals surface area contributed by atoms with Crippen molar-refractivity contribution in [2.24, 2.45) is 5.92 Å². The molecule has 0 heterocycles. The van der Waals surface area contributed by atoms with Gasteiger partial charge in [0.05, 0.1) is 5.78 Å². The number of carbonyl (C=O) groups is 1. The van der Waals surface area contributed by atoms with E-state index in [4.69, 9.17) is 0 Å². The first-order valence-electron chi connectivity index (χ1n) is 8.72. The first kappa shape index (κ1) is 22.8. The van der Waals surface area contributed by atoms with Gasteiger partial charge in [-0.2, -0.15) is 36.4 Å². The molecule has 0 aliphatic carbocycles. The van der Waals surface area contributed by atoms with Crippen molar-refractivity contribution < 1.29 is 21.9 Å². The van der Waals surface area contributed by atoms with Gasteiger partial charge in [-0.05, 0) is 26.6 Å². The molecule has 0 spiro atoms. The summed E-state index contributed by atoms with van der Waals surface area (Å²) in [5.41, 5.74) is 0.873. The summed E-state index contributed by atoms with van der Waals surface area (Å²) in [6.07, 6.45) is 5.95. The molecule has 2 aromatic rings. The maximum absolute atomic E-state index is 12.4. The fourth-order valence-corrected chi connectivity index (χ4v) is 2.66. The third-order valence-electron chi connectivity index (χ3n) is 3.87. The molecule has 0 fully saturated rings. The quantitative estimate of drug-likeness (QED) is 0.264. The number of carbonyl (C=O) groups excluding carboxylic acids is 1. The van der Waals surface area contributed by atoms with Gasteiger partial charge in [0.15, 0.2) is 0 Å². The summed E-state index contributed by atoms with van der Waals surface area (Å²) >= 11 is 0. The number of Topliss-reactive ketones (excluding diaryl/α,β-unsaturated/α-hetero) is 1. The number of rotatable bonds is 9. The van der Waals surface area contributed by atoms with Crippen LogP contribution in [0.2, 0.25) is 0 Å². The SMILES string of the molecule is CCCCCCC(CN(C)C)C(=O)c1ccc[cH-]1.[Fe+2].c1cc[cH-]c1. The molecule has 134 valence electrons. The largest absolute Gasteiger partial charge is 2.00 e. The van der Waals surface area contributed by atoms with Gasteiger partial charge >= 0.3 is 17.1 Å². The molecule has 0 aromatic heterocycles. The number of hydrogen-bond donors (Lipinski definition) is 0. The molecule has 0 radical (unpaired) electrons. The van der Waals surface area contributed by atoms with Crippen molar-refractivity contribution in [2.75, 3.05) is 20.6 Å². The summed E-state index contributed by atoms with van der Waals surface area (Å²) in [6.45, 7) is 3.07. The summed E-state index contributed by atoms with van der Waals surface area (Å²) in [6, 6.07) is 17.7. The fourth-order valence-electron chi connectivity index (χ4n) is 2.66. The van der Waals surface area contributed by atoms with E-state index in [-0.39, 0.29) is 23.0 Å². The third kappa shape index (κ3) is 9.87. The Bertz CT molecular complexity index is 471. The summed E-state index contributed by atoms with van der Waals surface area (Å²) in [4.78, 5) is 14.5. The Morgan fingerprint density at radius 1 is 1.08 bits per heavy atom. The van der Waals surface area contributed by atoms with Gasteiger partial charge in [-0.15, -0.1) is 11.6 Å². The summed E-state index contributed by atoms with van der Waals surface area (Å²) in [5.74, 6) is 0.462. The van der Waals surface area contributed by atoms with Gasteiger partial charge in [-0.25, -0.2) is 12.1 Å². The van der Waals surface area contributed by atoms with E-state index in [0.29, 0.717) is 5.78 Å². The van der Waals surface area contributed by atoms with E-state index in [1.54, 1.807) is 0 Å². The van der Waals surface area contributed by atoms with Crippen LogP contribution in [0.25, 0.3) is 0 Å². The molecule has 24 heavy (non-hydrogen) atoms. The summed E-state index contributed by atoms with van der Waals surface area (Å²) in [7, 11) is 4.08. The Balaban J connectivity index is 0.000000751. The molecule has 0 bridgehead atoms. The van der Waals surface area contributed by atoms with E-state index in [1.807, 2.05) is 68.7 Å². The van der Waals surface area contributed by atoms with Crippen LogP contribution in [-0.2, 0) is 17.1 Å². The number of nitrogens with zero attached hydrogens (tertiary/aromatic N) is 1. The Labute approximate surface area is 158 Å². The van der Waals surface area contributed by atoms with Gasteiger partial charge in [0.2, 0.25) is 0 Å². The van der Waals surface area contributed by atoms with Crippen LogP contribution in [0.4, 0.5) is 0 Å². The van der Waals surface area contributed by atoms with E-state index in [1.165, 1.54) is 25.7 Å². The van der Waals surface area contributed by atoms with Crippen LogP contribution >= 0.6 is 0 Å². The number of hydrogen-bond acceptors (Lipinski definition) is 2. The van der Waals surface area contributed by atoms with Crippen molar-refractivity contribution >= 4 is 5.78 Å².